The summed E-state index contributed by atoms with van der Waals surface area (Å²) in [4.78, 5) is 13.9. The molecule has 5 nitrogen and oxygen atoms in total. The van der Waals surface area contributed by atoms with Crippen molar-refractivity contribution in [1.29, 1.82) is 0 Å². The Bertz CT molecular complexity index is 505. The van der Waals surface area contributed by atoms with Crippen molar-refractivity contribution < 1.29 is 9.90 Å². The van der Waals surface area contributed by atoms with Gasteiger partial charge in [-0.05, 0) is 29.9 Å². The van der Waals surface area contributed by atoms with Gasteiger partial charge < -0.3 is 15.7 Å². The Morgan fingerprint density at radius 1 is 1.26 bits per heavy atom. The van der Waals surface area contributed by atoms with Crippen molar-refractivity contribution in [2.45, 2.75) is 39.3 Å². The molecule has 0 aromatic heterocycles. The number of fused-ring (bicyclic) bond motifs is 1. The summed E-state index contributed by atoms with van der Waals surface area (Å²) in [7, 11) is 0. The number of rotatable bonds is 7. The number of β-amino-alcohol motifs (C(OH)–C–C–N with tert-alkyl or cyclic N) is 1. The second-order valence-corrected chi connectivity index (χ2v) is 6.73. The van der Waals surface area contributed by atoms with E-state index in [2.05, 4.69) is 53.6 Å². The van der Waals surface area contributed by atoms with Gasteiger partial charge in [-0.15, -0.1) is 0 Å². The van der Waals surface area contributed by atoms with Gasteiger partial charge in [0.15, 0.2) is 0 Å². The van der Waals surface area contributed by atoms with Crippen molar-refractivity contribution >= 4 is 6.03 Å². The zero-order valence-electron chi connectivity index (χ0n) is 14.2. The van der Waals surface area contributed by atoms with Crippen molar-refractivity contribution in [3.8, 4) is 0 Å². The largest absolute Gasteiger partial charge is 0.390 e. The van der Waals surface area contributed by atoms with E-state index < -0.39 is 6.10 Å². The van der Waals surface area contributed by atoms with Gasteiger partial charge in [-0.2, -0.15) is 0 Å². The lowest BCUT2D eigenvalue weighted by atomic mass is 10.00. The van der Waals surface area contributed by atoms with Gasteiger partial charge in [0.2, 0.25) is 0 Å². The molecule has 1 heterocycles. The first-order valence-corrected chi connectivity index (χ1v) is 8.53. The molecule has 0 spiro atoms. The third-order valence-electron chi connectivity index (χ3n) is 4.18. The van der Waals surface area contributed by atoms with Crippen LogP contribution in [0.4, 0.5) is 4.79 Å². The summed E-state index contributed by atoms with van der Waals surface area (Å²) >= 11 is 0. The summed E-state index contributed by atoms with van der Waals surface area (Å²) in [6.45, 7) is 7.61. The normalized spacial score (nSPS) is 16.0. The Morgan fingerprint density at radius 2 is 2.00 bits per heavy atom. The van der Waals surface area contributed by atoms with Crippen LogP contribution in [0.5, 0.6) is 0 Å². The van der Waals surface area contributed by atoms with Crippen LogP contribution < -0.4 is 10.6 Å². The van der Waals surface area contributed by atoms with Crippen LogP contribution >= 0.6 is 0 Å². The van der Waals surface area contributed by atoms with Crippen LogP contribution in [0.15, 0.2) is 24.3 Å². The lowest BCUT2D eigenvalue weighted by molar-refractivity contribution is 0.105. The van der Waals surface area contributed by atoms with Crippen LogP contribution in [-0.2, 0) is 13.0 Å². The molecule has 0 aliphatic carbocycles. The molecule has 1 atom stereocenters. The van der Waals surface area contributed by atoms with E-state index >= 15 is 0 Å². The highest BCUT2D eigenvalue weighted by molar-refractivity contribution is 5.73. The van der Waals surface area contributed by atoms with Crippen LogP contribution in [0.3, 0.4) is 0 Å². The predicted octanol–water partition coefficient (Wildman–Crippen LogP) is 1.75. The molecule has 1 aliphatic heterocycles. The van der Waals surface area contributed by atoms with Crippen molar-refractivity contribution in [1.82, 2.24) is 15.5 Å². The molecule has 0 radical (unpaired) electrons. The molecule has 2 rings (SSSR count). The van der Waals surface area contributed by atoms with Gasteiger partial charge in [0.05, 0.1) is 6.10 Å². The molecule has 0 fully saturated rings. The van der Waals surface area contributed by atoms with Crippen LogP contribution in [0.1, 0.15) is 31.4 Å². The monoisotopic (exact) mass is 319 g/mol. The second-order valence-electron chi connectivity index (χ2n) is 6.73. The molecule has 128 valence electrons. The Morgan fingerprint density at radius 3 is 2.74 bits per heavy atom. The fourth-order valence-electron chi connectivity index (χ4n) is 2.82. The van der Waals surface area contributed by atoms with E-state index in [4.69, 9.17) is 0 Å². The number of nitrogens with one attached hydrogen (secondary N) is 2. The number of urea groups is 1. The molecule has 0 bridgehead atoms. The third-order valence-corrected chi connectivity index (χ3v) is 4.18. The number of nitrogens with zero attached hydrogens (tertiary/aromatic N) is 1. The highest BCUT2D eigenvalue weighted by Gasteiger charge is 2.18. The minimum absolute atomic E-state index is 0.200. The Kier molecular flexibility index (Phi) is 6.86. The standard InChI is InChI=1S/C18H29N3O2/c1-14(2)7-9-19-18(23)20-11-17(22)13-21-10-8-15-5-3-4-6-16(15)12-21/h3-6,14,17,22H,7-13H2,1-2H3,(H2,19,20,23). The minimum Gasteiger partial charge on any atom is -0.390 e. The molecule has 23 heavy (non-hydrogen) atoms. The second kappa shape index (κ2) is 8.89. The third kappa shape index (κ3) is 6.20. The summed E-state index contributed by atoms with van der Waals surface area (Å²) in [5.41, 5.74) is 2.74. The average molecular weight is 319 g/mol. The average Bonchev–Trinajstić information content (AvgIpc) is 2.52. The maximum Gasteiger partial charge on any atom is 0.314 e. The van der Waals surface area contributed by atoms with Crippen molar-refractivity contribution in [2.75, 3.05) is 26.2 Å². The fraction of sp³-hybridized carbons (Fsp3) is 0.611. The number of amides is 2. The lowest BCUT2D eigenvalue weighted by Crippen LogP contribution is -2.44. The quantitative estimate of drug-likeness (QED) is 0.717. The first-order valence-electron chi connectivity index (χ1n) is 8.53. The fourth-order valence-corrected chi connectivity index (χ4v) is 2.82. The molecule has 0 saturated heterocycles. The van der Waals surface area contributed by atoms with Crippen LogP contribution in [0, 0.1) is 5.92 Å². The first-order chi connectivity index (χ1) is 11.0. The van der Waals surface area contributed by atoms with Crippen LogP contribution in [0.25, 0.3) is 0 Å². The van der Waals surface area contributed by atoms with Gasteiger partial charge in [-0.3, -0.25) is 4.90 Å². The molecule has 0 saturated carbocycles. The zero-order valence-corrected chi connectivity index (χ0v) is 14.2. The molecule has 2 amide bonds. The number of hydrogen-bond acceptors (Lipinski definition) is 3. The topological polar surface area (TPSA) is 64.6 Å². The highest BCUT2D eigenvalue weighted by Crippen LogP contribution is 2.18. The summed E-state index contributed by atoms with van der Waals surface area (Å²) in [6.07, 6.45) is 1.44. The van der Waals surface area contributed by atoms with Crippen molar-refractivity contribution in [3.63, 3.8) is 0 Å². The predicted molar refractivity (Wildman–Crippen MR) is 92.3 cm³/mol. The maximum absolute atomic E-state index is 11.6. The van der Waals surface area contributed by atoms with Gasteiger partial charge in [-0.25, -0.2) is 4.79 Å². The molecule has 5 heteroatoms. The van der Waals surface area contributed by atoms with E-state index in [9.17, 15) is 9.90 Å². The Labute approximate surface area is 139 Å². The number of aliphatic hydroxyl groups excluding tert-OH is 1. The molecule has 1 aromatic carbocycles. The summed E-state index contributed by atoms with van der Waals surface area (Å²) in [5.74, 6) is 0.572. The first kappa shape index (κ1) is 17.8. The SMILES string of the molecule is CC(C)CCNC(=O)NCC(O)CN1CCc2ccccc2C1. The molecular formula is C18H29N3O2. The molecule has 1 unspecified atom stereocenters. The summed E-state index contributed by atoms with van der Waals surface area (Å²) in [6, 6.07) is 8.25. The molecule has 1 aromatic rings. The van der Waals surface area contributed by atoms with Crippen LogP contribution in [0.2, 0.25) is 0 Å². The Hall–Kier alpha value is -1.59. The number of benzene rings is 1. The number of carbonyl (C=O) groups excluding carboxylic acids is 1. The van der Waals surface area contributed by atoms with E-state index in [0.717, 1.165) is 25.9 Å². The van der Waals surface area contributed by atoms with Crippen LogP contribution in [-0.4, -0.2) is 48.3 Å². The molecular weight excluding hydrogens is 290 g/mol. The lowest BCUT2D eigenvalue weighted by Gasteiger charge is -2.30. The Balaban J connectivity index is 1.65. The zero-order chi connectivity index (χ0) is 16.7. The van der Waals surface area contributed by atoms with Gasteiger partial charge in [0, 0.05) is 32.7 Å². The van der Waals surface area contributed by atoms with E-state index in [1.165, 1.54) is 11.1 Å². The number of aliphatic hydroxyl groups is 1. The molecule has 1 aliphatic rings. The maximum atomic E-state index is 11.6. The van der Waals surface area contributed by atoms with E-state index in [0.29, 0.717) is 19.0 Å². The van der Waals surface area contributed by atoms with Crippen molar-refractivity contribution in [2.24, 2.45) is 5.92 Å². The van der Waals surface area contributed by atoms with Gasteiger partial charge in [-0.1, -0.05) is 38.1 Å². The van der Waals surface area contributed by atoms with Gasteiger partial charge >= 0.3 is 6.03 Å². The van der Waals surface area contributed by atoms with E-state index in [-0.39, 0.29) is 12.6 Å². The number of hydrogen-bond donors (Lipinski definition) is 3. The van der Waals surface area contributed by atoms with Crippen molar-refractivity contribution in [3.05, 3.63) is 35.4 Å². The molecule has 3 N–H and O–H groups in total. The summed E-state index contributed by atoms with van der Waals surface area (Å²) < 4.78 is 0. The van der Waals surface area contributed by atoms with Gasteiger partial charge in [0.25, 0.3) is 0 Å². The van der Waals surface area contributed by atoms with E-state index in [1.54, 1.807) is 0 Å². The smallest absolute Gasteiger partial charge is 0.314 e. The van der Waals surface area contributed by atoms with E-state index in [1.807, 2.05) is 0 Å². The summed E-state index contributed by atoms with van der Waals surface area (Å²) in [5, 5.41) is 15.7. The number of carbonyl (C=O) groups is 1. The highest BCUT2D eigenvalue weighted by atomic mass is 16.3. The minimum atomic E-state index is -0.545. The van der Waals surface area contributed by atoms with Gasteiger partial charge in [0.1, 0.15) is 0 Å².